The molecule has 7 heteroatoms. The molecule has 0 radical (unpaired) electrons. The molecule has 1 unspecified atom stereocenters. The van der Waals surface area contributed by atoms with Crippen molar-refractivity contribution in [1.82, 2.24) is 0 Å². The maximum atomic E-state index is 13.0. The van der Waals surface area contributed by atoms with Crippen LogP contribution in [-0.2, 0) is 10.0 Å². The average Bonchev–Trinajstić information content (AvgIpc) is 2.17. The monoisotopic (exact) mass is 281 g/mol. The van der Waals surface area contributed by atoms with E-state index in [2.05, 4.69) is 0 Å². The van der Waals surface area contributed by atoms with E-state index in [0.29, 0.717) is 5.75 Å². The van der Waals surface area contributed by atoms with Crippen molar-refractivity contribution >= 4 is 21.6 Å². The molecule has 4 nitrogen and oxygen atoms in total. The van der Waals surface area contributed by atoms with E-state index in [1.165, 1.54) is 12.1 Å². The SMILES string of the molecule is CC(COc1ccc(Cl)c(F)c1)CS(N)(=O)=O. The zero-order chi connectivity index (χ0) is 13.1. The molecule has 0 aliphatic heterocycles. The summed E-state index contributed by atoms with van der Waals surface area (Å²) in [6.45, 7) is 1.81. The molecule has 96 valence electrons. The first-order chi connectivity index (χ1) is 7.78. The van der Waals surface area contributed by atoms with Crippen LogP contribution in [0.3, 0.4) is 0 Å². The highest BCUT2D eigenvalue weighted by atomic mass is 35.5. The van der Waals surface area contributed by atoms with Gasteiger partial charge >= 0.3 is 0 Å². The second-order valence-electron chi connectivity index (χ2n) is 3.82. The van der Waals surface area contributed by atoms with Crippen molar-refractivity contribution in [2.75, 3.05) is 12.4 Å². The molecule has 1 aromatic carbocycles. The third-order valence-corrected chi connectivity index (χ3v) is 3.28. The maximum Gasteiger partial charge on any atom is 0.209 e. The Hall–Kier alpha value is -0.850. The summed E-state index contributed by atoms with van der Waals surface area (Å²) in [7, 11) is -3.52. The quantitative estimate of drug-likeness (QED) is 0.894. The van der Waals surface area contributed by atoms with Crippen LogP contribution in [0.5, 0.6) is 5.75 Å². The topological polar surface area (TPSA) is 69.4 Å². The van der Waals surface area contributed by atoms with Crippen LogP contribution in [-0.4, -0.2) is 20.8 Å². The van der Waals surface area contributed by atoms with Crippen LogP contribution in [0.2, 0.25) is 5.02 Å². The van der Waals surface area contributed by atoms with E-state index < -0.39 is 15.8 Å². The molecule has 1 rings (SSSR count). The van der Waals surface area contributed by atoms with Gasteiger partial charge in [-0.25, -0.2) is 17.9 Å². The minimum Gasteiger partial charge on any atom is -0.493 e. The lowest BCUT2D eigenvalue weighted by Gasteiger charge is -2.12. The molecule has 0 aromatic heterocycles. The van der Waals surface area contributed by atoms with Gasteiger partial charge in [-0.2, -0.15) is 0 Å². The Morgan fingerprint density at radius 1 is 1.53 bits per heavy atom. The van der Waals surface area contributed by atoms with Crippen molar-refractivity contribution < 1.29 is 17.5 Å². The highest BCUT2D eigenvalue weighted by Crippen LogP contribution is 2.20. The van der Waals surface area contributed by atoms with Crippen LogP contribution in [0.1, 0.15) is 6.92 Å². The molecule has 0 heterocycles. The van der Waals surface area contributed by atoms with Crippen molar-refractivity contribution in [1.29, 1.82) is 0 Å². The van der Waals surface area contributed by atoms with E-state index in [1.54, 1.807) is 6.92 Å². The lowest BCUT2D eigenvalue weighted by Crippen LogP contribution is -2.25. The van der Waals surface area contributed by atoms with Gasteiger partial charge in [0.15, 0.2) is 0 Å². The summed E-state index contributed by atoms with van der Waals surface area (Å²) < 4.78 is 39.9. The maximum absolute atomic E-state index is 13.0. The van der Waals surface area contributed by atoms with Crippen molar-refractivity contribution in [2.24, 2.45) is 11.1 Å². The van der Waals surface area contributed by atoms with Gasteiger partial charge in [0.2, 0.25) is 10.0 Å². The van der Waals surface area contributed by atoms with E-state index >= 15 is 0 Å². The summed E-state index contributed by atoms with van der Waals surface area (Å²) in [5.41, 5.74) is 0. The fraction of sp³-hybridized carbons (Fsp3) is 0.400. The smallest absolute Gasteiger partial charge is 0.209 e. The van der Waals surface area contributed by atoms with Crippen molar-refractivity contribution in [3.8, 4) is 5.75 Å². The van der Waals surface area contributed by atoms with E-state index in [9.17, 15) is 12.8 Å². The number of ether oxygens (including phenoxy) is 1. The first-order valence-electron chi connectivity index (χ1n) is 4.86. The summed E-state index contributed by atoms with van der Waals surface area (Å²) in [5, 5.41) is 4.90. The predicted molar refractivity (Wildman–Crippen MR) is 64.0 cm³/mol. The fourth-order valence-corrected chi connectivity index (χ4v) is 2.26. The Kier molecular flexibility index (Phi) is 4.73. The number of halogens is 2. The second-order valence-corrected chi connectivity index (χ2v) is 5.89. The molecule has 1 atom stereocenters. The Morgan fingerprint density at radius 3 is 2.71 bits per heavy atom. The van der Waals surface area contributed by atoms with Gasteiger partial charge in [-0.1, -0.05) is 18.5 Å². The summed E-state index contributed by atoms with van der Waals surface area (Å²) in [6.07, 6.45) is 0. The molecule has 0 spiro atoms. The number of benzene rings is 1. The zero-order valence-corrected chi connectivity index (χ0v) is 10.8. The van der Waals surface area contributed by atoms with Gasteiger partial charge in [0.05, 0.1) is 17.4 Å². The highest BCUT2D eigenvalue weighted by Gasteiger charge is 2.12. The number of sulfonamides is 1. The third kappa shape index (κ3) is 5.34. The van der Waals surface area contributed by atoms with E-state index in [0.717, 1.165) is 6.07 Å². The standard InChI is InChI=1S/C10H13ClFNO3S/c1-7(6-17(13,14)15)5-16-8-2-3-9(11)10(12)4-8/h2-4,7H,5-6H2,1H3,(H2,13,14,15). The van der Waals surface area contributed by atoms with Gasteiger partial charge in [-0.3, -0.25) is 0 Å². The van der Waals surface area contributed by atoms with Crippen molar-refractivity contribution in [2.45, 2.75) is 6.92 Å². The fourth-order valence-electron chi connectivity index (χ4n) is 1.25. The molecule has 0 bridgehead atoms. The minimum atomic E-state index is -3.52. The van der Waals surface area contributed by atoms with Crippen molar-refractivity contribution in [3.63, 3.8) is 0 Å². The number of nitrogens with two attached hydrogens (primary N) is 1. The lowest BCUT2D eigenvalue weighted by atomic mass is 10.2. The number of hydrogen-bond donors (Lipinski definition) is 1. The normalized spacial score (nSPS) is 13.4. The van der Waals surface area contributed by atoms with Crippen LogP contribution in [0.4, 0.5) is 4.39 Å². The first-order valence-corrected chi connectivity index (χ1v) is 6.95. The van der Waals surface area contributed by atoms with Gasteiger partial charge in [0.25, 0.3) is 0 Å². The zero-order valence-electron chi connectivity index (χ0n) is 9.19. The Balaban J connectivity index is 2.53. The van der Waals surface area contributed by atoms with E-state index in [1.807, 2.05) is 0 Å². The predicted octanol–water partition coefficient (Wildman–Crippen LogP) is 1.78. The number of hydrogen-bond acceptors (Lipinski definition) is 3. The third-order valence-electron chi connectivity index (χ3n) is 1.94. The molecule has 1 aromatic rings. The molecular formula is C10H13ClFNO3S. The van der Waals surface area contributed by atoms with Crippen LogP contribution >= 0.6 is 11.6 Å². The first kappa shape index (κ1) is 14.2. The van der Waals surface area contributed by atoms with Gasteiger partial charge in [0, 0.05) is 12.0 Å². The Morgan fingerprint density at radius 2 is 2.18 bits per heavy atom. The van der Waals surface area contributed by atoms with Crippen LogP contribution in [0.25, 0.3) is 0 Å². The molecule has 0 aliphatic carbocycles. The van der Waals surface area contributed by atoms with Crippen LogP contribution < -0.4 is 9.88 Å². The Labute approximate surface area is 105 Å². The largest absolute Gasteiger partial charge is 0.493 e. The minimum absolute atomic E-state index is 0.00920. The molecule has 0 saturated heterocycles. The van der Waals surface area contributed by atoms with Crippen molar-refractivity contribution in [3.05, 3.63) is 29.0 Å². The summed E-state index contributed by atoms with van der Waals surface area (Å²) in [6, 6.07) is 4.03. The van der Waals surface area contributed by atoms with Gasteiger partial charge in [0.1, 0.15) is 11.6 Å². The van der Waals surface area contributed by atoms with Gasteiger partial charge in [-0.15, -0.1) is 0 Å². The van der Waals surface area contributed by atoms with Crippen LogP contribution in [0.15, 0.2) is 18.2 Å². The molecule has 2 N–H and O–H groups in total. The lowest BCUT2D eigenvalue weighted by molar-refractivity contribution is 0.270. The summed E-state index contributed by atoms with van der Waals surface area (Å²) >= 11 is 5.50. The summed E-state index contributed by atoms with van der Waals surface area (Å²) in [5.74, 6) is -0.733. The Bertz CT molecular complexity index is 492. The summed E-state index contributed by atoms with van der Waals surface area (Å²) in [4.78, 5) is 0. The molecule has 0 aliphatic rings. The number of primary sulfonamides is 1. The molecule has 0 amide bonds. The highest BCUT2D eigenvalue weighted by molar-refractivity contribution is 7.89. The van der Waals surface area contributed by atoms with E-state index in [4.69, 9.17) is 21.5 Å². The second kappa shape index (κ2) is 5.66. The molecule has 0 fully saturated rings. The van der Waals surface area contributed by atoms with Crippen LogP contribution in [0, 0.1) is 11.7 Å². The molecular weight excluding hydrogens is 269 g/mol. The van der Waals surface area contributed by atoms with E-state index in [-0.39, 0.29) is 23.3 Å². The molecule has 0 saturated carbocycles. The van der Waals surface area contributed by atoms with Gasteiger partial charge < -0.3 is 4.74 Å². The number of rotatable bonds is 5. The molecule has 17 heavy (non-hydrogen) atoms. The average molecular weight is 282 g/mol. The van der Waals surface area contributed by atoms with Gasteiger partial charge in [-0.05, 0) is 12.1 Å².